The minimum atomic E-state index is -1.14. The fourth-order valence-electron chi connectivity index (χ4n) is 4.53. The average molecular weight is 520 g/mol. The molecule has 0 radical (unpaired) electrons. The summed E-state index contributed by atoms with van der Waals surface area (Å²) >= 11 is 6.57. The van der Waals surface area contributed by atoms with Crippen LogP contribution in [0.4, 0.5) is 15.8 Å². The summed E-state index contributed by atoms with van der Waals surface area (Å²) in [6.07, 6.45) is 6.19. The van der Waals surface area contributed by atoms with Crippen molar-refractivity contribution in [1.82, 2.24) is 15.0 Å². The normalized spacial score (nSPS) is 14.9. The highest BCUT2D eigenvalue weighted by Gasteiger charge is 2.24. The first kappa shape index (κ1) is 25.0. The molecule has 1 fully saturated rings. The van der Waals surface area contributed by atoms with Gasteiger partial charge in [0.2, 0.25) is 5.91 Å². The molecule has 0 aliphatic carbocycles. The van der Waals surface area contributed by atoms with Gasteiger partial charge in [-0.3, -0.25) is 9.78 Å². The molecule has 4 aromatic rings. The molecule has 2 aromatic heterocycles. The molecule has 1 atom stereocenters. The first-order chi connectivity index (χ1) is 17.6. The van der Waals surface area contributed by atoms with Crippen LogP contribution in [0.25, 0.3) is 22.0 Å². The molecule has 7 nitrogen and oxygen atoms in total. The van der Waals surface area contributed by atoms with Crippen molar-refractivity contribution in [2.24, 2.45) is 0 Å². The summed E-state index contributed by atoms with van der Waals surface area (Å²) in [6.45, 7) is 5.75. The van der Waals surface area contributed by atoms with Crippen molar-refractivity contribution in [3.63, 3.8) is 0 Å². The molecular formula is C28H27ClFN5O2. The molecule has 1 amide bonds. The van der Waals surface area contributed by atoms with Gasteiger partial charge in [-0.25, -0.2) is 14.4 Å². The van der Waals surface area contributed by atoms with E-state index >= 15 is 0 Å². The van der Waals surface area contributed by atoms with Crippen LogP contribution in [0.15, 0.2) is 55.0 Å². The summed E-state index contributed by atoms with van der Waals surface area (Å²) in [5.41, 5.74) is 2.94. The first-order valence-corrected chi connectivity index (χ1v) is 12.5. The van der Waals surface area contributed by atoms with Crippen LogP contribution in [0.5, 0.6) is 0 Å². The van der Waals surface area contributed by atoms with Gasteiger partial charge in [-0.15, -0.1) is 0 Å². The molecule has 0 bridgehead atoms. The number of aromatic nitrogens is 3. The van der Waals surface area contributed by atoms with Crippen LogP contribution in [-0.4, -0.2) is 32.5 Å². The van der Waals surface area contributed by atoms with Gasteiger partial charge in [-0.2, -0.15) is 0 Å². The number of pyridine rings is 1. The van der Waals surface area contributed by atoms with E-state index < -0.39 is 11.6 Å². The summed E-state index contributed by atoms with van der Waals surface area (Å²) in [5.74, 6) is 0.0147. The Balaban J connectivity index is 1.50. The lowest BCUT2D eigenvalue weighted by Crippen LogP contribution is -2.24. The number of fused-ring (bicyclic) bond motifs is 1. The van der Waals surface area contributed by atoms with Crippen molar-refractivity contribution in [1.29, 1.82) is 0 Å². The Morgan fingerprint density at radius 3 is 2.51 bits per heavy atom. The van der Waals surface area contributed by atoms with E-state index in [1.165, 1.54) is 6.07 Å². The number of rotatable bonds is 6. The Morgan fingerprint density at radius 2 is 1.84 bits per heavy atom. The number of aliphatic hydroxyl groups is 1. The zero-order valence-electron chi connectivity index (χ0n) is 20.8. The highest BCUT2D eigenvalue weighted by Crippen LogP contribution is 2.36. The maximum Gasteiger partial charge on any atom is 0.227 e. The summed E-state index contributed by atoms with van der Waals surface area (Å²) in [5, 5.41) is 14.7. The molecule has 0 saturated carbocycles. The highest BCUT2D eigenvalue weighted by atomic mass is 35.5. The summed E-state index contributed by atoms with van der Waals surface area (Å²) < 4.78 is 14.9. The number of halogens is 2. The number of hydrogen-bond donors (Lipinski definition) is 2. The van der Waals surface area contributed by atoms with E-state index in [1.807, 2.05) is 25.1 Å². The van der Waals surface area contributed by atoms with Gasteiger partial charge in [0.1, 0.15) is 11.4 Å². The molecule has 1 saturated heterocycles. The second kappa shape index (κ2) is 9.68. The Hall–Kier alpha value is -3.62. The molecule has 0 spiro atoms. The highest BCUT2D eigenvalue weighted by molar-refractivity contribution is 6.34. The number of carbonyl (C=O) groups excluding carboxylic acids is 1. The third-order valence-corrected chi connectivity index (χ3v) is 6.83. The van der Waals surface area contributed by atoms with Gasteiger partial charge in [-0.1, -0.05) is 17.7 Å². The molecule has 9 heteroatoms. The van der Waals surface area contributed by atoms with Crippen LogP contribution in [0, 0.1) is 5.82 Å². The van der Waals surface area contributed by atoms with Crippen LogP contribution in [0.3, 0.4) is 0 Å². The standard InChI is InChI=1S/C28H27ClFN5O2/c1-16(20-12-19(7-8-23(20)30)35-10-4-5-25(35)36)34-26-21-11-17(6-9-24(21)31-15-22(26)29)18-13-32-27(33-14-18)28(2,3)37/h6-9,11-16,37H,4-5,10H2,1-3H3,(H,31,34)/t16-/m1/s1. The molecule has 3 heterocycles. The van der Waals surface area contributed by atoms with Gasteiger partial charge in [0.15, 0.2) is 5.82 Å². The maximum absolute atomic E-state index is 14.9. The molecule has 37 heavy (non-hydrogen) atoms. The monoisotopic (exact) mass is 519 g/mol. The van der Waals surface area contributed by atoms with E-state index in [0.29, 0.717) is 46.3 Å². The van der Waals surface area contributed by atoms with Crippen LogP contribution in [0.2, 0.25) is 5.02 Å². The van der Waals surface area contributed by atoms with Crippen LogP contribution in [0.1, 0.15) is 51.0 Å². The Bertz CT molecular complexity index is 1490. The summed E-state index contributed by atoms with van der Waals surface area (Å²) in [4.78, 5) is 27.0. The van der Waals surface area contributed by atoms with Crippen molar-refractivity contribution in [2.45, 2.75) is 45.3 Å². The first-order valence-electron chi connectivity index (χ1n) is 12.1. The topological polar surface area (TPSA) is 91.2 Å². The van der Waals surface area contributed by atoms with Gasteiger partial charge >= 0.3 is 0 Å². The van der Waals surface area contributed by atoms with E-state index in [9.17, 15) is 14.3 Å². The lowest BCUT2D eigenvalue weighted by atomic mass is 10.0. The van der Waals surface area contributed by atoms with Crippen LogP contribution < -0.4 is 10.2 Å². The lowest BCUT2D eigenvalue weighted by Gasteiger charge is -2.22. The van der Waals surface area contributed by atoms with Gasteiger partial charge in [-0.05, 0) is 63.1 Å². The van der Waals surface area contributed by atoms with Gasteiger partial charge < -0.3 is 15.3 Å². The largest absolute Gasteiger partial charge is 0.382 e. The third kappa shape index (κ3) is 4.99. The van der Waals surface area contributed by atoms with Crippen molar-refractivity contribution in [3.05, 3.63) is 77.2 Å². The molecule has 2 aromatic carbocycles. The predicted octanol–water partition coefficient (Wildman–Crippen LogP) is 6.01. The SMILES string of the molecule is C[C@@H](Nc1c(Cl)cnc2ccc(-c3cnc(C(C)(C)O)nc3)cc12)c1cc(N2CCCC2=O)ccc1F. The number of amides is 1. The van der Waals surface area contributed by atoms with Gasteiger partial charge in [0.25, 0.3) is 0 Å². The van der Waals surface area contributed by atoms with E-state index in [4.69, 9.17) is 11.6 Å². The van der Waals surface area contributed by atoms with Gasteiger partial charge in [0, 0.05) is 53.8 Å². The van der Waals surface area contributed by atoms with Crippen LogP contribution >= 0.6 is 11.6 Å². The Kier molecular flexibility index (Phi) is 6.56. The van der Waals surface area contributed by atoms with Crippen molar-refractivity contribution < 1.29 is 14.3 Å². The summed E-state index contributed by atoms with van der Waals surface area (Å²) in [7, 11) is 0. The third-order valence-electron chi connectivity index (χ3n) is 6.55. The van der Waals surface area contributed by atoms with Crippen molar-refractivity contribution in [2.75, 3.05) is 16.8 Å². The Labute approximate surface area is 219 Å². The lowest BCUT2D eigenvalue weighted by molar-refractivity contribution is -0.117. The van der Waals surface area contributed by atoms with Gasteiger partial charge in [0.05, 0.1) is 22.3 Å². The van der Waals surface area contributed by atoms with E-state index in [1.54, 1.807) is 49.5 Å². The predicted molar refractivity (Wildman–Crippen MR) is 143 cm³/mol. The zero-order chi connectivity index (χ0) is 26.3. The summed E-state index contributed by atoms with van der Waals surface area (Å²) in [6, 6.07) is 10.0. The minimum Gasteiger partial charge on any atom is -0.382 e. The van der Waals surface area contributed by atoms with Crippen LogP contribution in [-0.2, 0) is 10.4 Å². The number of carbonyl (C=O) groups is 1. The van der Waals surface area contributed by atoms with Crippen molar-refractivity contribution in [3.8, 4) is 11.1 Å². The van der Waals surface area contributed by atoms with E-state index in [0.717, 1.165) is 22.9 Å². The number of anilines is 2. The van der Waals surface area contributed by atoms with E-state index in [-0.39, 0.29) is 11.7 Å². The smallest absolute Gasteiger partial charge is 0.227 e. The molecule has 190 valence electrons. The maximum atomic E-state index is 14.9. The molecule has 5 rings (SSSR count). The second-order valence-electron chi connectivity index (χ2n) is 9.79. The quantitative estimate of drug-likeness (QED) is 0.324. The number of nitrogens with zero attached hydrogens (tertiary/aromatic N) is 4. The number of benzene rings is 2. The minimum absolute atomic E-state index is 0.0495. The molecular weight excluding hydrogens is 493 g/mol. The zero-order valence-corrected chi connectivity index (χ0v) is 21.6. The van der Waals surface area contributed by atoms with Crippen molar-refractivity contribution >= 4 is 39.8 Å². The molecule has 0 unspecified atom stereocenters. The second-order valence-corrected chi connectivity index (χ2v) is 10.2. The Morgan fingerprint density at radius 1 is 1.08 bits per heavy atom. The molecule has 1 aliphatic rings. The fourth-order valence-corrected chi connectivity index (χ4v) is 4.74. The number of hydrogen-bond acceptors (Lipinski definition) is 6. The fraction of sp³-hybridized carbons (Fsp3) is 0.286. The average Bonchev–Trinajstić information content (AvgIpc) is 3.31. The molecule has 1 aliphatic heterocycles. The molecule has 2 N–H and O–H groups in total. The number of nitrogens with one attached hydrogen (secondary N) is 1. The van der Waals surface area contributed by atoms with E-state index in [2.05, 4.69) is 20.3 Å².